The molecule has 6 heteroatoms. The van der Waals surface area contributed by atoms with Crippen LogP contribution in [0.3, 0.4) is 0 Å². The second-order valence-corrected chi connectivity index (χ2v) is 3.05. The summed E-state index contributed by atoms with van der Waals surface area (Å²) in [5.41, 5.74) is 6.11. The van der Waals surface area contributed by atoms with E-state index in [-0.39, 0.29) is 11.5 Å². The van der Waals surface area contributed by atoms with E-state index in [4.69, 9.17) is 5.73 Å². The zero-order chi connectivity index (χ0) is 10.3. The Kier molecular flexibility index (Phi) is 1.77. The van der Waals surface area contributed by atoms with E-state index in [1.807, 2.05) is 0 Å². The monoisotopic (exact) mass is 195 g/mol. The topological polar surface area (TPSA) is 61.7 Å². The van der Waals surface area contributed by atoms with Crippen molar-refractivity contribution in [2.75, 3.05) is 5.73 Å². The standard InChI is InChI=1S/C8H10FN5/c1-13-4-3-5(11-13)7-6(9)8(10)14(2)12-7/h3-4H,10H2,1-2H3. The van der Waals surface area contributed by atoms with Crippen LogP contribution in [0.15, 0.2) is 12.3 Å². The molecular formula is C8H10FN5. The molecule has 74 valence electrons. The second-order valence-electron chi connectivity index (χ2n) is 3.05. The van der Waals surface area contributed by atoms with Crippen molar-refractivity contribution in [3.8, 4) is 11.4 Å². The van der Waals surface area contributed by atoms with Gasteiger partial charge in [0.25, 0.3) is 0 Å². The maximum absolute atomic E-state index is 13.5. The van der Waals surface area contributed by atoms with Crippen LogP contribution in [-0.2, 0) is 14.1 Å². The molecule has 5 nitrogen and oxygen atoms in total. The summed E-state index contributed by atoms with van der Waals surface area (Å²) in [6, 6.07) is 1.69. The summed E-state index contributed by atoms with van der Waals surface area (Å²) in [4.78, 5) is 0. The second kappa shape index (κ2) is 2.83. The largest absolute Gasteiger partial charge is 0.381 e. The summed E-state index contributed by atoms with van der Waals surface area (Å²) in [5.74, 6) is -0.503. The van der Waals surface area contributed by atoms with Gasteiger partial charge in [0.2, 0.25) is 0 Å². The van der Waals surface area contributed by atoms with Crippen LogP contribution in [0, 0.1) is 5.82 Å². The molecule has 2 aromatic rings. The van der Waals surface area contributed by atoms with Crippen LogP contribution in [0.4, 0.5) is 10.2 Å². The van der Waals surface area contributed by atoms with Crippen LogP contribution in [-0.4, -0.2) is 19.6 Å². The maximum Gasteiger partial charge on any atom is 0.194 e. The first-order valence-electron chi connectivity index (χ1n) is 4.07. The fraction of sp³-hybridized carbons (Fsp3) is 0.250. The fourth-order valence-electron chi connectivity index (χ4n) is 1.22. The Balaban J connectivity index is 2.57. The van der Waals surface area contributed by atoms with E-state index in [0.717, 1.165) is 0 Å². The van der Waals surface area contributed by atoms with Gasteiger partial charge in [-0.1, -0.05) is 0 Å². The average Bonchev–Trinajstić information content (AvgIpc) is 2.66. The number of nitrogen functional groups attached to an aromatic ring is 1. The number of anilines is 1. The van der Waals surface area contributed by atoms with Crippen molar-refractivity contribution in [2.45, 2.75) is 0 Å². The zero-order valence-electron chi connectivity index (χ0n) is 7.90. The Labute approximate surface area is 79.9 Å². The molecule has 14 heavy (non-hydrogen) atoms. The van der Waals surface area contributed by atoms with E-state index < -0.39 is 5.82 Å². The molecule has 0 bridgehead atoms. The highest BCUT2D eigenvalue weighted by Crippen LogP contribution is 2.22. The molecule has 2 N–H and O–H groups in total. The van der Waals surface area contributed by atoms with E-state index in [0.29, 0.717) is 5.69 Å². The Bertz CT molecular complexity index is 470. The predicted octanol–water partition coefficient (Wildman–Crippen LogP) is 0.542. The molecule has 2 aromatic heterocycles. The van der Waals surface area contributed by atoms with E-state index in [1.54, 1.807) is 31.0 Å². The summed E-state index contributed by atoms with van der Waals surface area (Å²) < 4.78 is 16.3. The lowest BCUT2D eigenvalue weighted by Crippen LogP contribution is -1.97. The van der Waals surface area contributed by atoms with E-state index >= 15 is 0 Å². The molecule has 0 aliphatic heterocycles. The Hall–Kier alpha value is -1.85. The summed E-state index contributed by atoms with van der Waals surface area (Å²) in [6.07, 6.45) is 1.72. The number of hydrogen-bond acceptors (Lipinski definition) is 3. The lowest BCUT2D eigenvalue weighted by molar-refractivity contribution is 0.632. The molecule has 0 unspecified atom stereocenters. The van der Waals surface area contributed by atoms with E-state index in [2.05, 4.69) is 10.2 Å². The van der Waals surface area contributed by atoms with Crippen LogP contribution in [0.25, 0.3) is 11.4 Å². The SMILES string of the molecule is Cn1ccc(-c2nn(C)c(N)c2F)n1. The molecule has 0 amide bonds. The van der Waals surface area contributed by atoms with Gasteiger partial charge in [0.15, 0.2) is 17.3 Å². The first-order chi connectivity index (χ1) is 6.59. The molecule has 0 radical (unpaired) electrons. The van der Waals surface area contributed by atoms with Crippen molar-refractivity contribution in [3.05, 3.63) is 18.1 Å². The van der Waals surface area contributed by atoms with Gasteiger partial charge in [-0.25, -0.2) is 9.07 Å². The zero-order valence-corrected chi connectivity index (χ0v) is 7.90. The van der Waals surface area contributed by atoms with Gasteiger partial charge in [-0.3, -0.25) is 4.68 Å². The average molecular weight is 195 g/mol. The smallest absolute Gasteiger partial charge is 0.194 e. The summed E-state index contributed by atoms with van der Waals surface area (Å²) in [5, 5.41) is 7.98. The van der Waals surface area contributed by atoms with Crippen LogP contribution >= 0.6 is 0 Å². The molecule has 0 spiro atoms. The third-order valence-corrected chi connectivity index (χ3v) is 1.99. The number of aromatic nitrogens is 4. The minimum Gasteiger partial charge on any atom is -0.381 e. The molecule has 0 saturated heterocycles. The van der Waals surface area contributed by atoms with Gasteiger partial charge in [-0.15, -0.1) is 0 Å². The molecule has 0 aliphatic carbocycles. The van der Waals surface area contributed by atoms with E-state index in [9.17, 15) is 4.39 Å². The molecular weight excluding hydrogens is 185 g/mol. The van der Waals surface area contributed by atoms with Gasteiger partial charge < -0.3 is 5.73 Å². The Morgan fingerprint density at radius 1 is 1.36 bits per heavy atom. The summed E-state index contributed by atoms with van der Waals surface area (Å²) in [6.45, 7) is 0. The highest BCUT2D eigenvalue weighted by Gasteiger charge is 2.16. The maximum atomic E-state index is 13.5. The van der Waals surface area contributed by atoms with Crippen molar-refractivity contribution in [2.24, 2.45) is 14.1 Å². The third-order valence-electron chi connectivity index (χ3n) is 1.99. The number of rotatable bonds is 1. The highest BCUT2D eigenvalue weighted by atomic mass is 19.1. The molecule has 0 fully saturated rings. The van der Waals surface area contributed by atoms with Crippen molar-refractivity contribution in [1.82, 2.24) is 19.6 Å². The molecule has 0 aliphatic rings. The minimum atomic E-state index is -0.522. The Morgan fingerprint density at radius 3 is 2.50 bits per heavy atom. The lowest BCUT2D eigenvalue weighted by Gasteiger charge is -1.88. The molecule has 2 heterocycles. The van der Waals surface area contributed by atoms with Crippen LogP contribution < -0.4 is 5.73 Å². The molecule has 0 atom stereocenters. The van der Waals surface area contributed by atoms with Gasteiger partial charge in [0.05, 0.1) is 0 Å². The summed E-state index contributed by atoms with van der Waals surface area (Å²) >= 11 is 0. The van der Waals surface area contributed by atoms with Crippen molar-refractivity contribution in [1.29, 1.82) is 0 Å². The third kappa shape index (κ3) is 1.15. The summed E-state index contributed by atoms with van der Waals surface area (Å²) in [7, 11) is 3.35. The number of hydrogen-bond donors (Lipinski definition) is 1. The normalized spacial score (nSPS) is 10.8. The minimum absolute atomic E-state index is 0.0191. The van der Waals surface area contributed by atoms with Gasteiger partial charge >= 0.3 is 0 Å². The van der Waals surface area contributed by atoms with Crippen LogP contribution in [0.1, 0.15) is 0 Å². The fourth-order valence-corrected chi connectivity index (χ4v) is 1.22. The molecule has 2 rings (SSSR count). The van der Waals surface area contributed by atoms with Crippen molar-refractivity contribution in [3.63, 3.8) is 0 Å². The number of halogens is 1. The van der Waals surface area contributed by atoms with Crippen LogP contribution in [0.2, 0.25) is 0 Å². The van der Waals surface area contributed by atoms with Crippen molar-refractivity contribution < 1.29 is 4.39 Å². The van der Waals surface area contributed by atoms with Gasteiger partial charge in [-0.2, -0.15) is 10.2 Å². The van der Waals surface area contributed by atoms with Crippen LogP contribution in [0.5, 0.6) is 0 Å². The lowest BCUT2D eigenvalue weighted by atomic mass is 10.3. The predicted molar refractivity (Wildman–Crippen MR) is 49.8 cm³/mol. The van der Waals surface area contributed by atoms with E-state index in [1.165, 1.54) is 4.68 Å². The Morgan fingerprint density at radius 2 is 2.07 bits per heavy atom. The highest BCUT2D eigenvalue weighted by molar-refractivity contribution is 5.59. The molecule has 0 aromatic carbocycles. The van der Waals surface area contributed by atoms with Gasteiger partial charge in [-0.05, 0) is 6.07 Å². The first kappa shape index (κ1) is 8.74. The van der Waals surface area contributed by atoms with Gasteiger partial charge in [0, 0.05) is 20.3 Å². The first-order valence-corrected chi connectivity index (χ1v) is 4.07. The molecule has 0 saturated carbocycles. The number of nitrogens with zero attached hydrogens (tertiary/aromatic N) is 4. The van der Waals surface area contributed by atoms with Crippen molar-refractivity contribution >= 4 is 5.82 Å². The quantitative estimate of drug-likeness (QED) is 0.722. The van der Waals surface area contributed by atoms with Gasteiger partial charge in [0.1, 0.15) is 5.69 Å². The number of nitrogens with two attached hydrogens (primary N) is 1. The number of aryl methyl sites for hydroxylation is 2.